The fourth-order valence-electron chi connectivity index (χ4n) is 2.26. The first-order valence-corrected chi connectivity index (χ1v) is 7.42. The molecule has 0 spiro atoms. The summed E-state index contributed by atoms with van der Waals surface area (Å²) in [5, 5.41) is 9.36. The Morgan fingerprint density at radius 2 is 1.95 bits per heavy atom. The van der Waals surface area contributed by atoms with Crippen molar-refractivity contribution in [1.29, 1.82) is 5.26 Å². The van der Waals surface area contributed by atoms with Crippen molar-refractivity contribution in [1.82, 2.24) is 4.98 Å². The van der Waals surface area contributed by atoms with E-state index in [9.17, 15) is 5.26 Å². The van der Waals surface area contributed by atoms with Crippen LogP contribution in [0, 0.1) is 18.3 Å². The number of benzene rings is 1. The van der Waals surface area contributed by atoms with Crippen LogP contribution in [-0.4, -0.2) is 4.98 Å². The minimum Gasteiger partial charge on any atom is -0.461 e. The molecule has 3 rings (SSSR count). The monoisotopic (exact) mass is 353 g/mol. The Balaban J connectivity index is 2.26. The maximum Gasteiger partial charge on any atom is 0.142 e. The van der Waals surface area contributed by atoms with Gasteiger partial charge in [0.05, 0.1) is 5.69 Å². The van der Waals surface area contributed by atoms with Gasteiger partial charge in [-0.2, -0.15) is 5.26 Å². The third-order valence-electron chi connectivity index (χ3n) is 3.31. The van der Waals surface area contributed by atoms with E-state index >= 15 is 0 Å². The normalized spacial score (nSPS) is 10.4. The summed E-state index contributed by atoms with van der Waals surface area (Å²) in [5.74, 6) is 1.58. The molecule has 0 atom stereocenters. The molecule has 3 aromatic rings. The second kappa shape index (κ2) is 5.66. The molecular weight excluding hydrogens is 342 g/mol. The molecule has 4 nitrogen and oxygen atoms in total. The summed E-state index contributed by atoms with van der Waals surface area (Å²) < 4.78 is 6.55. The Morgan fingerprint density at radius 3 is 2.59 bits per heavy atom. The van der Waals surface area contributed by atoms with E-state index in [0.29, 0.717) is 22.6 Å². The lowest BCUT2D eigenvalue weighted by molar-refractivity contribution is 0.548. The standard InChI is InChI=1S/C17H12BrN3O/c1-10-6-7-16(22-10)12-8-15(21-17(20)13(12)9-19)11-4-2-3-5-14(11)18/h2-8H,1H3,(H2,20,21). The van der Waals surface area contributed by atoms with Crippen LogP contribution in [0.15, 0.2) is 51.4 Å². The Hall–Kier alpha value is -2.58. The third kappa shape index (κ3) is 2.49. The van der Waals surface area contributed by atoms with E-state index < -0.39 is 0 Å². The average molecular weight is 354 g/mol. The van der Waals surface area contributed by atoms with Crippen molar-refractivity contribution in [2.45, 2.75) is 6.92 Å². The highest BCUT2D eigenvalue weighted by Crippen LogP contribution is 2.34. The lowest BCUT2D eigenvalue weighted by Gasteiger charge is -2.09. The number of hydrogen-bond acceptors (Lipinski definition) is 4. The number of rotatable bonds is 2. The molecule has 0 aliphatic carbocycles. The maximum atomic E-state index is 9.36. The molecule has 2 heterocycles. The lowest BCUT2D eigenvalue weighted by Crippen LogP contribution is -1.99. The van der Waals surface area contributed by atoms with Crippen LogP contribution in [0.3, 0.4) is 0 Å². The fourth-order valence-corrected chi connectivity index (χ4v) is 2.75. The highest BCUT2D eigenvalue weighted by Gasteiger charge is 2.16. The number of nitrogens with zero attached hydrogens (tertiary/aromatic N) is 2. The summed E-state index contributed by atoms with van der Waals surface area (Å²) in [6.45, 7) is 1.86. The summed E-state index contributed by atoms with van der Waals surface area (Å²) >= 11 is 3.51. The van der Waals surface area contributed by atoms with Crippen molar-refractivity contribution in [2.75, 3.05) is 5.73 Å². The summed E-state index contributed by atoms with van der Waals surface area (Å²) in [6.07, 6.45) is 0. The Labute approximate surface area is 136 Å². The SMILES string of the molecule is Cc1ccc(-c2cc(-c3ccccc3Br)nc(N)c2C#N)o1. The van der Waals surface area contributed by atoms with Gasteiger partial charge in [0, 0.05) is 15.6 Å². The number of furan rings is 1. The molecule has 2 aromatic heterocycles. The van der Waals surface area contributed by atoms with Crippen molar-refractivity contribution in [3.63, 3.8) is 0 Å². The second-order valence-corrected chi connectivity index (χ2v) is 5.67. The average Bonchev–Trinajstić information content (AvgIpc) is 2.93. The van der Waals surface area contributed by atoms with Crippen molar-refractivity contribution in [2.24, 2.45) is 0 Å². The van der Waals surface area contributed by atoms with Gasteiger partial charge in [0.2, 0.25) is 0 Å². The summed E-state index contributed by atoms with van der Waals surface area (Å²) in [6, 6.07) is 15.3. The topological polar surface area (TPSA) is 75.8 Å². The molecule has 5 heteroatoms. The predicted octanol–water partition coefficient (Wildman–Crippen LogP) is 4.53. The first kappa shape index (κ1) is 14.4. The van der Waals surface area contributed by atoms with E-state index in [0.717, 1.165) is 15.8 Å². The van der Waals surface area contributed by atoms with Crippen LogP contribution < -0.4 is 5.73 Å². The largest absolute Gasteiger partial charge is 0.461 e. The molecule has 0 saturated heterocycles. The van der Waals surface area contributed by atoms with Gasteiger partial charge in [-0.1, -0.05) is 34.1 Å². The van der Waals surface area contributed by atoms with Crippen molar-refractivity contribution < 1.29 is 4.42 Å². The van der Waals surface area contributed by atoms with E-state index in [1.807, 2.05) is 49.4 Å². The molecular formula is C17H12BrN3O. The highest BCUT2D eigenvalue weighted by atomic mass is 79.9. The summed E-state index contributed by atoms with van der Waals surface area (Å²) in [7, 11) is 0. The Bertz CT molecular complexity index is 893. The molecule has 0 fully saturated rings. The summed E-state index contributed by atoms with van der Waals surface area (Å²) in [5.41, 5.74) is 8.54. The molecule has 0 radical (unpaired) electrons. The van der Waals surface area contributed by atoms with Gasteiger partial charge in [-0.05, 0) is 31.2 Å². The fraction of sp³-hybridized carbons (Fsp3) is 0.0588. The lowest BCUT2D eigenvalue weighted by atomic mass is 10.0. The van der Waals surface area contributed by atoms with E-state index in [2.05, 4.69) is 27.0 Å². The minimum absolute atomic E-state index is 0.194. The van der Waals surface area contributed by atoms with Crippen LogP contribution in [-0.2, 0) is 0 Å². The Morgan fingerprint density at radius 1 is 1.18 bits per heavy atom. The number of anilines is 1. The van der Waals surface area contributed by atoms with Crippen LogP contribution in [0.25, 0.3) is 22.6 Å². The van der Waals surface area contributed by atoms with Crippen molar-refractivity contribution >= 4 is 21.7 Å². The number of hydrogen-bond donors (Lipinski definition) is 1. The van der Waals surface area contributed by atoms with Crippen LogP contribution in [0.5, 0.6) is 0 Å². The van der Waals surface area contributed by atoms with Gasteiger partial charge in [-0.3, -0.25) is 0 Å². The quantitative estimate of drug-likeness (QED) is 0.733. The minimum atomic E-state index is 0.194. The van der Waals surface area contributed by atoms with Crippen LogP contribution in [0.1, 0.15) is 11.3 Å². The van der Waals surface area contributed by atoms with Gasteiger partial charge in [-0.15, -0.1) is 0 Å². The number of aryl methyl sites for hydroxylation is 1. The first-order valence-electron chi connectivity index (χ1n) is 6.62. The van der Waals surface area contributed by atoms with Crippen molar-refractivity contribution in [3.05, 3.63) is 58.3 Å². The Kier molecular flexibility index (Phi) is 3.70. The summed E-state index contributed by atoms with van der Waals surface area (Å²) in [4.78, 5) is 4.35. The highest BCUT2D eigenvalue weighted by molar-refractivity contribution is 9.10. The van der Waals surface area contributed by atoms with E-state index in [1.54, 1.807) is 0 Å². The molecule has 0 aliphatic heterocycles. The smallest absolute Gasteiger partial charge is 0.142 e. The second-order valence-electron chi connectivity index (χ2n) is 4.82. The molecule has 0 aliphatic rings. The zero-order valence-corrected chi connectivity index (χ0v) is 13.4. The molecule has 0 amide bonds. The molecule has 2 N–H and O–H groups in total. The molecule has 0 unspecified atom stereocenters. The molecule has 22 heavy (non-hydrogen) atoms. The zero-order chi connectivity index (χ0) is 15.7. The van der Waals surface area contributed by atoms with Gasteiger partial charge in [0.15, 0.2) is 0 Å². The van der Waals surface area contributed by atoms with Crippen LogP contribution in [0.4, 0.5) is 5.82 Å². The van der Waals surface area contributed by atoms with Crippen molar-refractivity contribution in [3.8, 4) is 28.7 Å². The number of aromatic nitrogens is 1. The van der Waals surface area contributed by atoms with Gasteiger partial charge in [0.1, 0.15) is 29.0 Å². The van der Waals surface area contributed by atoms with E-state index in [4.69, 9.17) is 10.2 Å². The van der Waals surface area contributed by atoms with Gasteiger partial charge in [-0.25, -0.2) is 4.98 Å². The number of nitrogens with two attached hydrogens (primary N) is 1. The van der Waals surface area contributed by atoms with Gasteiger partial charge < -0.3 is 10.2 Å². The van der Waals surface area contributed by atoms with Crippen LogP contribution >= 0.6 is 15.9 Å². The molecule has 108 valence electrons. The van der Waals surface area contributed by atoms with E-state index in [1.165, 1.54) is 0 Å². The van der Waals surface area contributed by atoms with Crippen LogP contribution in [0.2, 0.25) is 0 Å². The molecule has 0 saturated carbocycles. The van der Waals surface area contributed by atoms with E-state index in [-0.39, 0.29) is 5.82 Å². The number of nitriles is 1. The molecule has 1 aromatic carbocycles. The maximum absolute atomic E-state index is 9.36. The first-order chi connectivity index (χ1) is 10.6. The zero-order valence-electron chi connectivity index (χ0n) is 11.8. The number of pyridine rings is 1. The number of nitrogen functional groups attached to an aromatic ring is 1. The predicted molar refractivity (Wildman–Crippen MR) is 88.9 cm³/mol. The number of halogens is 1. The molecule has 0 bridgehead atoms. The van der Waals surface area contributed by atoms with Gasteiger partial charge in [0.25, 0.3) is 0 Å². The third-order valence-corrected chi connectivity index (χ3v) is 4.01. The van der Waals surface area contributed by atoms with Gasteiger partial charge >= 0.3 is 0 Å².